The van der Waals surface area contributed by atoms with Gasteiger partial charge in [-0.3, -0.25) is 10.1 Å². The van der Waals surface area contributed by atoms with Crippen LogP contribution in [-0.2, 0) is 0 Å². The Hall–Kier alpha value is -2.04. The number of para-hydroxylation sites is 1. The van der Waals surface area contributed by atoms with E-state index in [0.29, 0.717) is 17.7 Å². The van der Waals surface area contributed by atoms with Crippen LogP contribution in [0.25, 0.3) is 6.08 Å². The van der Waals surface area contributed by atoms with Gasteiger partial charge in [-0.15, -0.1) is 0 Å². The Kier molecular flexibility index (Phi) is 3.88. The van der Waals surface area contributed by atoms with Gasteiger partial charge >= 0.3 is 0 Å². The normalized spacial score (nSPS) is 11.2. The molecule has 0 amide bonds. The van der Waals surface area contributed by atoms with Crippen molar-refractivity contribution in [2.75, 3.05) is 7.11 Å². The molecule has 0 heterocycles. The number of allylic oxidation sites excluding steroid dienone is 1. The van der Waals surface area contributed by atoms with Crippen molar-refractivity contribution in [2.45, 2.75) is 13.3 Å². The number of phenolic OH excluding ortho intramolecular Hbond substituents is 1. The lowest BCUT2D eigenvalue weighted by Crippen LogP contribution is -1.96. The third-order valence-corrected chi connectivity index (χ3v) is 2.17. The second-order valence-corrected chi connectivity index (χ2v) is 3.14. The minimum absolute atomic E-state index is 0.0450. The van der Waals surface area contributed by atoms with E-state index in [-0.39, 0.29) is 11.4 Å². The molecule has 0 saturated heterocycles. The van der Waals surface area contributed by atoms with Crippen LogP contribution in [0.1, 0.15) is 18.9 Å². The molecule has 0 atom stereocenters. The summed E-state index contributed by atoms with van der Waals surface area (Å²) in [5.41, 5.74) is 0.427. The average Bonchev–Trinajstić information content (AvgIpc) is 2.27. The number of nitro groups is 1. The van der Waals surface area contributed by atoms with E-state index in [1.54, 1.807) is 25.1 Å². The standard InChI is InChI=1S/C11H13NO4/c1-3-9(12(14)15)7-8-5-4-6-10(16-2)11(8)13/h4-7,13H,3H2,1-2H3. The monoisotopic (exact) mass is 223 g/mol. The molecule has 0 aliphatic heterocycles. The van der Waals surface area contributed by atoms with Gasteiger partial charge in [-0.05, 0) is 6.07 Å². The Morgan fingerprint density at radius 1 is 1.62 bits per heavy atom. The number of hydrogen-bond donors (Lipinski definition) is 1. The summed E-state index contributed by atoms with van der Waals surface area (Å²) in [4.78, 5) is 10.2. The smallest absolute Gasteiger partial charge is 0.246 e. The molecule has 1 aromatic rings. The molecule has 5 heteroatoms. The molecule has 0 aromatic heterocycles. The zero-order valence-electron chi connectivity index (χ0n) is 9.14. The fourth-order valence-electron chi connectivity index (χ4n) is 1.28. The third-order valence-electron chi connectivity index (χ3n) is 2.17. The first-order valence-corrected chi connectivity index (χ1v) is 4.81. The van der Waals surface area contributed by atoms with Crippen LogP contribution in [0.4, 0.5) is 0 Å². The summed E-state index contributed by atoms with van der Waals surface area (Å²) in [6.07, 6.45) is 1.64. The lowest BCUT2D eigenvalue weighted by Gasteiger charge is -2.05. The first kappa shape index (κ1) is 12.0. The molecule has 1 N–H and O–H groups in total. The van der Waals surface area contributed by atoms with Gasteiger partial charge in [0.05, 0.1) is 12.0 Å². The van der Waals surface area contributed by atoms with Gasteiger partial charge in [-0.25, -0.2) is 0 Å². The van der Waals surface area contributed by atoms with Crippen molar-refractivity contribution in [1.82, 2.24) is 0 Å². The number of hydrogen-bond acceptors (Lipinski definition) is 4. The van der Waals surface area contributed by atoms with Crippen LogP contribution >= 0.6 is 0 Å². The van der Waals surface area contributed by atoms with Gasteiger partial charge in [-0.1, -0.05) is 19.1 Å². The van der Waals surface area contributed by atoms with Crippen LogP contribution in [-0.4, -0.2) is 17.1 Å². The van der Waals surface area contributed by atoms with Gasteiger partial charge in [-0.2, -0.15) is 0 Å². The van der Waals surface area contributed by atoms with E-state index in [2.05, 4.69) is 0 Å². The second kappa shape index (κ2) is 5.16. The van der Waals surface area contributed by atoms with Gasteiger partial charge < -0.3 is 9.84 Å². The molecule has 0 aliphatic rings. The van der Waals surface area contributed by atoms with Crippen molar-refractivity contribution in [3.63, 3.8) is 0 Å². The van der Waals surface area contributed by atoms with E-state index in [1.807, 2.05) is 0 Å². The highest BCUT2D eigenvalue weighted by atomic mass is 16.6. The molecule has 0 saturated carbocycles. The highest BCUT2D eigenvalue weighted by Crippen LogP contribution is 2.31. The van der Waals surface area contributed by atoms with Crippen molar-refractivity contribution in [3.8, 4) is 11.5 Å². The Morgan fingerprint density at radius 2 is 2.31 bits per heavy atom. The molecule has 0 bridgehead atoms. The van der Waals surface area contributed by atoms with Crippen molar-refractivity contribution in [2.24, 2.45) is 0 Å². The van der Waals surface area contributed by atoms with Gasteiger partial charge in [0.25, 0.3) is 0 Å². The Bertz CT molecular complexity index is 426. The zero-order valence-corrected chi connectivity index (χ0v) is 9.14. The fraction of sp³-hybridized carbons (Fsp3) is 0.273. The van der Waals surface area contributed by atoms with E-state index in [1.165, 1.54) is 13.2 Å². The minimum Gasteiger partial charge on any atom is -0.504 e. The van der Waals surface area contributed by atoms with Crippen LogP contribution in [0.15, 0.2) is 23.9 Å². The molecule has 5 nitrogen and oxygen atoms in total. The molecule has 0 radical (unpaired) electrons. The fourth-order valence-corrected chi connectivity index (χ4v) is 1.28. The summed E-state index contributed by atoms with van der Waals surface area (Å²) in [5, 5.41) is 20.3. The molecule has 1 aromatic carbocycles. The van der Waals surface area contributed by atoms with Gasteiger partial charge in [0.15, 0.2) is 11.5 Å². The largest absolute Gasteiger partial charge is 0.504 e. The summed E-state index contributed by atoms with van der Waals surface area (Å²) >= 11 is 0. The molecule has 16 heavy (non-hydrogen) atoms. The van der Waals surface area contributed by atoms with Crippen molar-refractivity contribution in [3.05, 3.63) is 39.6 Å². The number of phenols is 1. The molecular weight excluding hydrogens is 210 g/mol. The first-order chi connectivity index (χ1) is 7.60. The number of benzene rings is 1. The second-order valence-electron chi connectivity index (χ2n) is 3.14. The van der Waals surface area contributed by atoms with E-state index >= 15 is 0 Å². The highest BCUT2D eigenvalue weighted by molar-refractivity contribution is 5.62. The number of aromatic hydroxyl groups is 1. The Morgan fingerprint density at radius 3 is 2.81 bits per heavy atom. The van der Waals surface area contributed by atoms with Crippen molar-refractivity contribution >= 4 is 6.08 Å². The summed E-state index contributed by atoms with van der Waals surface area (Å²) in [7, 11) is 1.43. The maximum absolute atomic E-state index is 10.6. The topological polar surface area (TPSA) is 72.6 Å². The zero-order chi connectivity index (χ0) is 12.1. The Labute approximate surface area is 93.1 Å². The van der Waals surface area contributed by atoms with E-state index in [0.717, 1.165) is 0 Å². The average molecular weight is 223 g/mol. The van der Waals surface area contributed by atoms with Gasteiger partial charge in [0.2, 0.25) is 5.70 Å². The minimum atomic E-state index is -0.459. The molecular formula is C11H13NO4. The predicted molar refractivity (Wildman–Crippen MR) is 59.9 cm³/mol. The number of methoxy groups -OCH3 is 1. The summed E-state index contributed by atoms with van der Waals surface area (Å²) in [6, 6.07) is 4.85. The maximum Gasteiger partial charge on any atom is 0.246 e. The van der Waals surface area contributed by atoms with Crippen LogP contribution in [0.5, 0.6) is 11.5 Å². The molecule has 0 aliphatic carbocycles. The molecule has 0 fully saturated rings. The highest BCUT2D eigenvalue weighted by Gasteiger charge is 2.11. The molecule has 86 valence electrons. The van der Waals surface area contributed by atoms with Crippen LogP contribution in [0.2, 0.25) is 0 Å². The predicted octanol–water partition coefficient (Wildman–Crippen LogP) is 2.43. The summed E-state index contributed by atoms with van der Waals surface area (Å²) < 4.78 is 4.91. The Balaban J connectivity index is 3.19. The maximum atomic E-state index is 10.6. The third kappa shape index (κ3) is 2.50. The van der Waals surface area contributed by atoms with Crippen LogP contribution in [0, 0.1) is 10.1 Å². The molecule has 0 unspecified atom stereocenters. The van der Waals surface area contributed by atoms with Crippen molar-refractivity contribution in [1.29, 1.82) is 0 Å². The lowest BCUT2D eigenvalue weighted by molar-refractivity contribution is -0.425. The first-order valence-electron chi connectivity index (χ1n) is 4.81. The number of rotatable bonds is 4. The van der Waals surface area contributed by atoms with E-state index in [4.69, 9.17) is 4.74 Å². The van der Waals surface area contributed by atoms with Gasteiger partial charge in [0.1, 0.15) is 0 Å². The summed E-state index contributed by atoms with van der Waals surface area (Å²) in [5.74, 6) is 0.213. The van der Waals surface area contributed by atoms with E-state index < -0.39 is 4.92 Å². The molecule has 0 spiro atoms. The van der Waals surface area contributed by atoms with Crippen LogP contribution < -0.4 is 4.74 Å². The number of nitrogens with zero attached hydrogens (tertiary/aromatic N) is 1. The van der Waals surface area contributed by atoms with E-state index in [9.17, 15) is 15.2 Å². The van der Waals surface area contributed by atoms with Crippen LogP contribution in [0.3, 0.4) is 0 Å². The summed E-state index contributed by atoms with van der Waals surface area (Å²) in [6.45, 7) is 1.69. The SMILES string of the molecule is CCC(=Cc1cccc(OC)c1O)[N+](=O)[O-]. The van der Waals surface area contributed by atoms with Gasteiger partial charge in [0, 0.05) is 18.1 Å². The quantitative estimate of drug-likeness (QED) is 0.628. The van der Waals surface area contributed by atoms with Crippen molar-refractivity contribution < 1.29 is 14.8 Å². The lowest BCUT2D eigenvalue weighted by atomic mass is 10.1. The number of ether oxygens (including phenoxy) is 1. The molecule has 1 rings (SSSR count).